The Morgan fingerprint density at radius 2 is 1.97 bits per heavy atom. The van der Waals surface area contributed by atoms with E-state index >= 15 is 0 Å². The summed E-state index contributed by atoms with van der Waals surface area (Å²) in [6.07, 6.45) is 2.44. The summed E-state index contributed by atoms with van der Waals surface area (Å²) in [6, 6.07) is 4.22. The zero-order chi connectivity index (χ0) is 25.0. The normalized spacial score (nSPS) is 19.7. The monoisotopic (exact) mass is 490 g/mol. The number of methoxy groups -OCH3 is 1. The summed E-state index contributed by atoms with van der Waals surface area (Å²) in [5, 5.41) is 0. The smallest absolute Gasteiger partial charge is 0.410 e. The maximum absolute atomic E-state index is 13.5. The van der Waals surface area contributed by atoms with Crippen LogP contribution in [-0.2, 0) is 32.0 Å². The number of morpholine rings is 1. The van der Waals surface area contributed by atoms with Crippen LogP contribution in [0.3, 0.4) is 0 Å². The molecular weight excluding hydrogens is 452 g/mol. The van der Waals surface area contributed by atoms with Crippen molar-refractivity contribution in [2.45, 2.75) is 70.7 Å². The molecule has 0 N–H and O–H groups in total. The van der Waals surface area contributed by atoms with Gasteiger partial charge in [-0.25, -0.2) is 4.79 Å². The number of carbonyl (C=O) groups is 2. The van der Waals surface area contributed by atoms with E-state index < -0.39 is 17.8 Å². The number of amides is 2. The first-order valence-corrected chi connectivity index (χ1v) is 12.6. The van der Waals surface area contributed by atoms with Crippen LogP contribution in [0.15, 0.2) is 12.1 Å². The Bertz CT molecular complexity index is 910. The molecule has 0 aromatic heterocycles. The lowest BCUT2D eigenvalue weighted by Gasteiger charge is -2.36. The summed E-state index contributed by atoms with van der Waals surface area (Å²) >= 11 is 0. The molecule has 194 valence electrons. The van der Waals surface area contributed by atoms with Gasteiger partial charge in [0.1, 0.15) is 17.1 Å². The topological polar surface area (TPSA) is 86.8 Å². The Balaban J connectivity index is 1.45. The Morgan fingerprint density at radius 1 is 1.17 bits per heavy atom. The van der Waals surface area contributed by atoms with Crippen LogP contribution in [0.5, 0.6) is 11.5 Å². The van der Waals surface area contributed by atoms with Crippen LogP contribution in [0.4, 0.5) is 4.79 Å². The van der Waals surface area contributed by atoms with Gasteiger partial charge in [0.25, 0.3) is 5.91 Å². The number of fused-ring (bicyclic) bond motifs is 1. The standard InChI is InChI=1S/C26H38N2O7/c1-26(2,3)35-25(30)27-9-13-34-23(17-27)24(29)28(19-6-7-19)16-18-14-21(32-11-5-10-31-4)20-8-12-33-22(20)15-18/h14-15,19,23H,5-13,16-17H2,1-4H3/t23-/m1/s1. The van der Waals surface area contributed by atoms with E-state index in [4.69, 9.17) is 23.7 Å². The van der Waals surface area contributed by atoms with Gasteiger partial charge in [0.15, 0.2) is 6.10 Å². The van der Waals surface area contributed by atoms with Gasteiger partial charge in [-0.3, -0.25) is 4.79 Å². The fourth-order valence-corrected chi connectivity index (χ4v) is 4.36. The van der Waals surface area contributed by atoms with Gasteiger partial charge < -0.3 is 33.5 Å². The minimum atomic E-state index is -0.702. The molecule has 1 saturated heterocycles. The van der Waals surface area contributed by atoms with Crippen LogP contribution in [0.25, 0.3) is 0 Å². The number of hydrogen-bond donors (Lipinski definition) is 0. The molecule has 35 heavy (non-hydrogen) atoms. The third-order valence-electron chi connectivity index (χ3n) is 6.21. The Morgan fingerprint density at radius 3 is 2.69 bits per heavy atom. The lowest BCUT2D eigenvalue weighted by atomic mass is 10.1. The Hall–Kier alpha value is -2.52. The fraction of sp³-hybridized carbons (Fsp3) is 0.692. The lowest BCUT2D eigenvalue weighted by Crippen LogP contribution is -2.53. The minimum Gasteiger partial charge on any atom is -0.493 e. The SMILES string of the molecule is COCCCOc1cc(CN(C(=O)[C@H]2CN(C(=O)OC(C)(C)C)CCO2)C2CC2)cc2c1CCO2. The van der Waals surface area contributed by atoms with E-state index in [0.717, 1.165) is 48.3 Å². The van der Waals surface area contributed by atoms with Crippen LogP contribution >= 0.6 is 0 Å². The van der Waals surface area contributed by atoms with Crippen molar-refractivity contribution in [1.29, 1.82) is 0 Å². The van der Waals surface area contributed by atoms with Gasteiger partial charge in [0.05, 0.1) is 26.4 Å². The van der Waals surface area contributed by atoms with Crippen LogP contribution in [-0.4, -0.2) is 86.2 Å². The third-order valence-corrected chi connectivity index (χ3v) is 6.21. The molecule has 2 aliphatic heterocycles. The van der Waals surface area contributed by atoms with E-state index in [9.17, 15) is 9.59 Å². The molecule has 0 bridgehead atoms. The quantitative estimate of drug-likeness (QED) is 0.492. The number of rotatable bonds is 9. The van der Waals surface area contributed by atoms with Crippen molar-refractivity contribution in [3.05, 3.63) is 23.3 Å². The van der Waals surface area contributed by atoms with Gasteiger partial charge in [-0.2, -0.15) is 0 Å². The summed E-state index contributed by atoms with van der Waals surface area (Å²) in [4.78, 5) is 29.5. The second kappa shape index (κ2) is 11.0. The third kappa shape index (κ3) is 6.79. The molecular formula is C26H38N2O7. The van der Waals surface area contributed by atoms with Crippen LogP contribution in [0, 0.1) is 0 Å². The molecule has 1 aromatic carbocycles. The van der Waals surface area contributed by atoms with Gasteiger partial charge in [0.2, 0.25) is 0 Å². The molecule has 4 rings (SSSR count). The van der Waals surface area contributed by atoms with E-state index in [1.165, 1.54) is 0 Å². The molecule has 0 unspecified atom stereocenters. The van der Waals surface area contributed by atoms with E-state index in [-0.39, 0.29) is 18.5 Å². The molecule has 2 amide bonds. The molecule has 9 nitrogen and oxygen atoms in total. The Kier molecular flexibility index (Phi) is 8.06. The second-order valence-corrected chi connectivity index (χ2v) is 10.3. The number of carbonyl (C=O) groups excluding carboxylic acids is 2. The van der Waals surface area contributed by atoms with Gasteiger partial charge >= 0.3 is 6.09 Å². The maximum Gasteiger partial charge on any atom is 0.410 e. The van der Waals surface area contributed by atoms with E-state index in [1.54, 1.807) is 12.0 Å². The second-order valence-electron chi connectivity index (χ2n) is 10.3. The van der Waals surface area contributed by atoms with Crippen molar-refractivity contribution in [2.75, 3.05) is 46.6 Å². The number of ether oxygens (including phenoxy) is 5. The summed E-state index contributed by atoms with van der Waals surface area (Å²) < 4.78 is 28.3. The molecule has 2 fully saturated rings. The van der Waals surface area contributed by atoms with Crippen molar-refractivity contribution in [2.24, 2.45) is 0 Å². The van der Waals surface area contributed by atoms with Crippen molar-refractivity contribution >= 4 is 12.0 Å². The molecule has 2 heterocycles. The average Bonchev–Trinajstić information content (AvgIpc) is 3.55. The predicted octanol–water partition coefficient (Wildman–Crippen LogP) is 3.16. The highest BCUT2D eigenvalue weighted by Gasteiger charge is 2.39. The highest BCUT2D eigenvalue weighted by molar-refractivity contribution is 5.83. The molecule has 0 spiro atoms. The molecule has 0 radical (unpaired) electrons. The minimum absolute atomic E-state index is 0.0928. The summed E-state index contributed by atoms with van der Waals surface area (Å²) in [7, 11) is 1.68. The molecule has 9 heteroatoms. The first kappa shape index (κ1) is 25.6. The van der Waals surface area contributed by atoms with Gasteiger partial charge in [-0.1, -0.05) is 0 Å². The lowest BCUT2D eigenvalue weighted by molar-refractivity contribution is -0.150. The number of nitrogens with zero attached hydrogens (tertiary/aromatic N) is 2. The first-order chi connectivity index (χ1) is 16.7. The van der Waals surface area contributed by atoms with Gasteiger partial charge in [0, 0.05) is 51.3 Å². The van der Waals surface area contributed by atoms with Gasteiger partial charge in [-0.15, -0.1) is 0 Å². The highest BCUT2D eigenvalue weighted by Crippen LogP contribution is 2.37. The van der Waals surface area contributed by atoms with Crippen molar-refractivity contribution in [3.8, 4) is 11.5 Å². The predicted molar refractivity (Wildman–Crippen MR) is 129 cm³/mol. The largest absolute Gasteiger partial charge is 0.493 e. The van der Waals surface area contributed by atoms with Crippen LogP contribution in [0.1, 0.15) is 51.2 Å². The van der Waals surface area contributed by atoms with Crippen LogP contribution < -0.4 is 9.47 Å². The van der Waals surface area contributed by atoms with E-state index in [0.29, 0.717) is 39.5 Å². The van der Waals surface area contributed by atoms with E-state index in [2.05, 4.69) is 0 Å². The summed E-state index contributed by atoms with van der Waals surface area (Å²) in [6.45, 7) is 8.69. The van der Waals surface area contributed by atoms with Crippen molar-refractivity contribution < 1.29 is 33.3 Å². The molecule has 3 aliphatic rings. The Labute approximate surface area is 207 Å². The summed E-state index contributed by atoms with van der Waals surface area (Å²) in [5.41, 5.74) is 1.46. The molecule has 1 atom stereocenters. The first-order valence-electron chi connectivity index (χ1n) is 12.6. The van der Waals surface area contributed by atoms with E-state index in [1.807, 2.05) is 37.8 Å². The zero-order valence-corrected chi connectivity index (χ0v) is 21.3. The van der Waals surface area contributed by atoms with Gasteiger partial charge in [-0.05, 0) is 51.3 Å². The molecule has 1 aromatic rings. The van der Waals surface area contributed by atoms with Crippen molar-refractivity contribution in [1.82, 2.24) is 9.80 Å². The number of benzene rings is 1. The molecule has 1 saturated carbocycles. The average molecular weight is 491 g/mol. The maximum atomic E-state index is 13.5. The van der Waals surface area contributed by atoms with Crippen LogP contribution in [0.2, 0.25) is 0 Å². The zero-order valence-electron chi connectivity index (χ0n) is 21.3. The summed E-state index contributed by atoms with van der Waals surface area (Å²) in [5.74, 6) is 1.56. The highest BCUT2D eigenvalue weighted by atomic mass is 16.6. The molecule has 1 aliphatic carbocycles. The van der Waals surface area contributed by atoms with Crippen molar-refractivity contribution in [3.63, 3.8) is 0 Å². The number of hydrogen-bond acceptors (Lipinski definition) is 7. The fourth-order valence-electron chi connectivity index (χ4n) is 4.36.